The molecule has 0 aliphatic carbocycles. The molecule has 2 aromatic carbocycles. The van der Waals surface area contributed by atoms with E-state index in [1.165, 1.54) is 17.0 Å². The third kappa shape index (κ3) is 8.06. The molecule has 1 aliphatic rings. The number of ether oxygens (including phenoxy) is 2. The molecule has 0 radical (unpaired) electrons. The van der Waals surface area contributed by atoms with Crippen LogP contribution in [0.3, 0.4) is 0 Å². The van der Waals surface area contributed by atoms with Crippen molar-refractivity contribution < 1.29 is 37.3 Å². The first kappa shape index (κ1) is 35.2. The molecule has 2 N–H and O–H groups in total. The van der Waals surface area contributed by atoms with E-state index in [9.17, 15) is 27.9 Å². The predicted molar refractivity (Wildman–Crippen MR) is 164 cm³/mol. The summed E-state index contributed by atoms with van der Waals surface area (Å²) < 4.78 is 53.0. The predicted octanol–water partition coefficient (Wildman–Crippen LogP) is 7.56. The molecule has 10 heteroatoms. The topological polar surface area (TPSA) is 88.1 Å². The molecule has 0 spiro atoms. The number of alkyl halides is 3. The Balaban J connectivity index is 1.69. The zero-order valence-electron chi connectivity index (χ0n) is 26.8. The van der Waals surface area contributed by atoms with Gasteiger partial charge in [0.25, 0.3) is 5.91 Å². The maximum atomic E-state index is 13.7. The number of aliphatic hydroxyl groups is 1. The van der Waals surface area contributed by atoms with E-state index in [2.05, 4.69) is 12.2 Å². The number of nitrogens with zero attached hydrogens (tertiary/aromatic N) is 1. The van der Waals surface area contributed by atoms with Crippen molar-refractivity contribution in [3.05, 3.63) is 58.7 Å². The molecule has 0 saturated carbocycles. The highest BCUT2D eigenvalue weighted by atomic mass is 19.4. The van der Waals surface area contributed by atoms with E-state index in [0.717, 1.165) is 26.2 Å². The van der Waals surface area contributed by atoms with Gasteiger partial charge in [-0.05, 0) is 106 Å². The molecule has 1 heterocycles. The molecule has 1 fully saturated rings. The van der Waals surface area contributed by atoms with Crippen LogP contribution >= 0.6 is 0 Å². The monoisotopic (exact) mass is 620 g/mol. The lowest BCUT2D eigenvalue weighted by atomic mass is 9.89. The van der Waals surface area contributed by atoms with Crippen LogP contribution in [-0.2, 0) is 28.8 Å². The van der Waals surface area contributed by atoms with Gasteiger partial charge in [0.05, 0.1) is 12.7 Å². The van der Waals surface area contributed by atoms with Crippen molar-refractivity contribution in [1.29, 1.82) is 0 Å². The molecule has 1 saturated heterocycles. The van der Waals surface area contributed by atoms with Crippen molar-refractivity contribution in [3.8, 4) is 11.5 Å². The zero-order valence-corrected chi connectivity index (χ0v) is 26.8. The fourth-order valence-electron chi connectivity index (χ4n) is 5.37. The molecular formula is C34H47F3N2O5. The molecule has 2 atom stereocenters. The lowest BCUT2D eigenvalue weighted by Gasteiger charge is -2.29. The number of carbonyl (C=O) groups is 2. The summed E-state index contributed by atoms with van der Waals surface area (Å²) in [5, 5.41) is 13.2. The third-order valence-corrected chi connectivity index (χ3v) is 8.03. The van der Waals surface area contributed by atoms with Crippen LogP contribution in [0, 0.1) is 0 Å². The van der Waals surface area contributed by atoms with Gasteiger partial charge in [-0.2, -0.15) is 13.2 Å². The quantitative estimate of drug-likeness (QED) is 0.149. The number of nitrogens with one attached hydrogen (secondary N) is 1. The fraction of sp³-hybridized carbons (Fsp3) is 0.588. The van der Waals surface area contributed by atoms with Crippen LogP contribution in [0.4, 0.5) is 18.0 Å². The van der Waals surface area contributed by atoms with Crippen LogP contribution in [-0.4, -0.2) is 47.4 Å². The minimum atomic E-state index is -4.82. The lowest BCUT2D eigenvalue weighted by Crippen LogP contribution is -2.41. The number of benzene rings is 2. The standard InChI is InChI=1S/C34H47F3N2O5/c1-7-9-10-14-25-22-27(33(6,42)34(35,36)37)21-24(13-8-2)29(25)43-20-12-11-19-39-30(40)32(5,38-31(39)41)26-15-17-28(18-16-26)44-23(3)4/h15-18,21-23,42H,7-14,19-20H2,1-6H3,(H,38,41). The molecule has 2 aromatic rings. The Bertz CT molecular complexity index is 1280. The number of aryl methyl sites for hydroxylation is 2. The summed E-state index contributed by atoms with van der Waals surface area (Å²) in [6, 6.07) is 9.48. The summed E-state index contributed by atoms with van der Waals surface area (Å²) in [7, 11) is 0. The Hall–Kier alpha value is -3.27. The Morgan fingerprint density at radius 2 is 1.59 bits per heavy atom. The number of amides is 3. The lowest BCUT2D eigenvalue weighted by molar-refractivity contribution is -0.258. The van der Waals surface area contributed by atoms with Gasteiger partial charge in [-0.25, -0.2) is 4.79 Å². The van der Waals surface area contributed by atoms with Crippen molar-refractivity contribution in [3.63, 3.8) is 0 Å². The highest BCUT2D eigenvalue weighted by molar-refractivity contribution is 6.07. The summed E-state index contributed by atoms with van der Waals surface area (Å²) in [6.45, 7) is 10.8. The van der Waals surface area contributed by atoms with Gasteiger partial charge in [0, 0.05) is 6.54 Å². The molecule has 3 rings (SSSR count). The van der Waals surface area contributed by atoms with Gasteiger partial charge in [0.1, 0.15) is 17.0 Å². The highest BCUT2D eigenvalue weighted by Gasteiger charge is 2.51. The fourth-order valence-corrected chi connectivity index (χ4v) is 5.37. The molecule has 0 bridgehead atoms. The van der Waals surface area contributed by atoms with Crippen LogP contribution < -0.4 is 14.8 Å². The maximum absolute atomic E-state index is 13.7. The van der Waals surface area contributed by atoms with E-state index in [4.69, 9.17) is 9.47 Å². The van der Waals surface area contributed by atoms with Crippen molar-refractivity contribution in [2.75, 3.05) is 13.2 Å². The molecule has 244 valence electrons. The molecule has 0 aromatic heterocycles. The minimum absolute atomic E-state index is 0.0136. The number of carbonyl (C=O) groups excluding carboxylic acids is 2. The zero-order chi connectivity index (χ0) is 32.7. The summed E-state index contributed by atoms with van der Waals surface area (Å²) in [6.07, 6.45) is 0.607. The maximum Gasteiger partial charge on any atom is 0.421 e. The van der Waals surface area contributed by atoms with E-state index in [0.29, 0.717) is 60.3 Å². The average Bonchev–Trinajstić information content (AvgIpc) is 3.16. The first-order valence-corrected chi connectivity index (χ1v) is 15.6. The Morgan fingerprint density at radius 1 is 0.955 bits per heavy atom. The van der Waals surface area contributed by atoms with Gasteiger partial charge in [0.15, 0.2) is 5.60 Å². The smallest absolute Gasteiger partial charge is 0.421 e. The van der Waals surface area contributed by atoms with Gasteiger partial charge < -0.3 is 19.9 Å². The van der Waals surface area contributed by atoms with Crippen LogP contribution in [0.25, 0.3) is 0 Å². The normalized spacial score (nSPS) is 18.5. The first-order valence-electron chi connectivity index (χ1n) is 15.6. The number of hydrogen-bond acceptors (Lipinski definition) is 5. The van der Waals surface area contributed by atoms with Gasteiger partial charge in [0.2, 0.25) is 0 Å². The summed E-state index contributed by atoms with van der Waals surface area (Å²) >= 11 is 0. The van der Waals surface area contributed by atoms with Crippen molar-refractivity contribution in [2.45, 2.75) is 116 Å². The second kappa shape index (κ2) is 14.7. The second-order valence-electron chi connectivity index (χ2n) is 12.2. The number of imide groups is 1. The third-order valence-electron chi connectivity index (χ3n) is 8.03. The van der Waals surface area contributed by atoms with E-state index >= 15 is 0 Å². The van der Waals surface area contributed by atoms with Gasteiger partial charge in [-0.15, -0.1) is 0 Å². The van der Waals surface area contributed by atoms with E-state index in [1.54, 1.807) is 31.2 Å². The summed E-state index contributed by atoms with van der Waals surface area (Å²) in [5.74, 6) is 0.908. The number of urea groups is 1. The molecule has 2 unspecified atom stereocenters. The minimum Gasteiger partial charge on any atom is -0.493 e. The van der Waals surface area contributed by atoms with Crippen molar-refractivity contribution in [1.82, 2.24) is 10.2 Å². The number of hydrogen-bond donors (Lipinski definition) is 2. The number of halogens is 3. The van der Waals surface area contributed by atoms with Crippen LogP contribution in [0.1, 0.15) is 102 Å². The highest BCUT2D eigenvalue weighted by Crippen LogP contribution is 2.41. The number of unbranched alkanes of at least 4 members (excludes halogenated alkanes) is 3. The summed E-state index contributed by atoms with van der Waals surface area (Å²) in [5.41, 5.74) is -2.41. The first-order chi connectivity index (χ1) is 20.7. The SMILES string of the molecule is CCCCCc1cc(C(C)(O)C(F)(F)F)cc(CCC)c1OCCCCN1C(=O)NC(C)(c2ccc(OC(C)C)cc2)C1=O. The van der Waals surface area contributed by atoms with Crippen molar-refractivity contribution in [2.24, 2.45) is 0 Å². The second-order valence-corrected chi connectivity index (χ2v) is 12.2. The van der Waals surface area contributed by atoms with E-state index in [1.807, 2.05) is 20.8 Å². The van der Waals surface area contributed by atoms with Crippen LogP contribution in [0.2, 0.25) is 0 Å². The number of rotatable bonds is 16. The Labute approximate surface area is 259 Å². The van der Waals surface area contributed by atoms with Crippen molar-refractivity contribution >= 4 is 11.9 Å². The Kier molecular flexibility index (Phi) is 11.7. The van der Waals surface area contributed by atoms with Gasteiger partial charge in [-0.3, -0.25) is 9.69 Å². The molecule has 7 nitrogen and oxygen atoms in total. The van der Waals surface area contributed by atoms with Crippen LogP contribution in [0.15, 0.2) is 36.4 Å². The molecular weight excluding hydrogens is 573 g/mol. The van der Waals surface area contributed by atoms with E-state index < -0.39 is 23.3 Å². The van der Waals surface area contributed by atoms with E-state index in [-0.39, 0.29) is 30.7 Å². The Morgan fingerprint density at radius 3 is 2.16 bits per heavy atom. The molecule has 1 aliphatic heterocycles. The summed E-state index contributed by atoms with van der Waals surface area (Å²) in [4.78, 5) is 27.3. The largest absolute Gasteiger partial charge is 0.493 e. The molecule has 44 heavy (non-hydrogen) atoms. The van der Waals surface area contributed by atoms with Gasteiger partial charge >= 0.3 is 12.2 Å². The van der Waals surface area contributed by atoms with Crippen LogP contribution in [0.5, 0.6) is 11.5 Å². The van der Waals surface area contributed by atoms with Gasteiger partial charge in [-0.1, -0.05) is 45.2 Å². The molecule has 3 amide bonds. The average molecular weight is 621 g/mol.